The molecule has 0 aliphatic heterocycles. The van der Waals surface area contributed by atoms with Gasteiger partial charge in [0.15, 0.2) is 17.4 Å². The summed E-state index contributed by atoms with van der Waals surface area (Å²) in [6.07, 6.45) is 0. The molecule has 0 bridgehead atoms. The summed E-state index contributed by atoms with van der Waals surface area (Å²) in [6, 6.07) is 0. The summed E-state index contributed by atoms with van der Waals surface area (Å²) in [4.78, 5) is -7.61. The standard InChI is InChI=1S/Al.8ClH.Zr.3H/h;8*1H;;;;/q;;;;;;;;;+8;;;/p-8. The van der Waals surface area contributed by atoms with Crippen LogP contribution in [0.25, 0.3) is 0 Å². The summed E-state index contributed by atoms with van der Waals surface area (Å²) >= 11 is 0. The first-order valence-corrected chi connectivity index (χ1v) is 26.8. The van der Waals surface area contributed by atoms with E-state index in [4.69, 9.17) is 68.1 Å². The number of halogens is 8. The van der Waals surface area contributed by atoms with Crippen molar-refractivity contribution in [2.75, 3.05) is 0 Å². The maximum absolute atomic E-state index is 7.61. The van der Waals surface area contributed by atoms with Gasteiger partial charge in [-0.1, -0.05) is 0 Å². The van der Waals surface area contributed by atoms with Crippen LogP contribution < -0.4 is 0 Å². The van der Waals surface area contributed by atoms with Gasteiger partial charge in [0.2, 0.25) is 0 Å². The SMILES string of the molecule is [AlH3].[Cl][Zr]([Cl])([Cl])([Cl])([Cl])([Cl])([Cl])[Cl]. The third-order valence-electron chi connectivity index (χ3n) is 0. The Labute approximate surface area is 88.1 Å². The molecule has 0 aliphatic rings. The van der Waals surface area contributed by atoms with Crippen molar-refractivity contribution in [3.63, 3.8) is 0 Å². The first-order chi connectivity index (χ1) is 2.83. The minimum atomic E-state index is -7.61. The van der Waals surface area contributed by atoms with Gasteiger partial charge in [0.05, 0.1) is 0 Å². The van der Waals surface area contributed by atoms with Crippen LogP contribution >= 0.6 is 68.1 Å². The van der Waals surface area contributed by atoms with E-state index in [0.29, 0.717) is 0 Å². The molecule has 0 aliphatic carbocycles. The molecule has 0 radical (unpaired) electrons. The van der Waals surface area contributed by atoms with Crippen molar-refractivity contribution in [3.05, 3.63) is 0 Å². The predicted octanol–water partition coefficient (Wildman–Crippen LogP) is 4.33. The molecular weight excluding hydrogens is 402 g/mol. The van der Waals surface area contributed by atoms with Crippen LogP contribution in [0.5, 0.6) is 0 Å². The zero-order valence-electron chi connectivity index (χ0n) is 3.52. The van der Waals surface area contributed by atoms with Crippen molar-refractivity contribution in [1.29, 1.82) is 0 Å². The molecule has 0 aromatic heterocycles. The van der Waals surface area contributed by atoms with Gasteiger partial charge in [0, 0.05) is 0 Å². The molecule has 0 spiro atoms. The third-order valence-corrected chi connectivity index (χ3v) is 0. The van der Waals surface area contributed by atoms with Crippen LogP contribution in [0.3, 0.4) is 0 Å². The van der Waals surface area contributed by atoms with E-state index in [1.165, 1.54) is 0 Å². The van der Waals surface area contributed by atoms with Gasteiger partial charge in [-0.15, -0.1) is 0 Å². The van der Waals surface area contributed by atoms with Gasteiger partial charge in [-0.3, -0.25) is 0 Å². The fourth-order valence-corrected chi connectivity index (χ4v) is 0. The van der Waals surface area contributed by atoms with Gasteiger partial charge in [0.1, 0.15) is 0 Å². The molecule has 0 heterocycles. The van der Waals surface area contributed by atoms with Crippen LogP contribution in [0.1, 0.15) is 0 Å². The van der Waals surface area contributed by atoms with Gasteiger partial charge >= 0.3 is 72.9 Å². The molecule has 10 heteroatoms. The fraction of sp³-hybridized carbons (Fsp3) is 0. The Morgan fingerprint density at radius 1 is 0.500 bits per heavy atom. The zero-order chi connectivity index (χ0) is 8.35. The summed E-state index contributed by atoms with van der Waals surface area (Å²) in [5.41, 5.74) is 0. The number of hydrogen-bond donors (Lipinski definition) is 0. The molecule has 0 rings (SSSR count). The molecule has 0 aromatic carbocycles. The van der Waals surface area contributed by atoms with E-state index in [9.17, 15) is 0 Å². The van der Waals surface area contributed by atoms with Gasteiger partial charge < -0.3 is 0 Å². The molecule has 0 atom stereocenters. The average Bonchev–Trinajstić information content (AvgIpc) is 0.503. The van der Waals surface area contributed by atoms with Gasteiger partial charge in [0.25, 0.3) is 0 Å². The van der Waals surface area contributed by atoms with Crippen LogP contribution in [-0.4, -0.2) is 17.4 Å². The number of hydrogen-bond acceptors (Lipinski definition) is 0. The third kappa shape index (κ3) is 96.9. The van der Waals surface area contributed by atoms with Crippen molar-refractivity contribution < 1.29 is 4.78 Å². The second-order valence-corrected chi connectivity index (χ2v) is 106. The Bertz CT molecular complexity index is 144. The molecule has 0 fully saturated rings. The Balaban J connectivity index is 0. The van der Waals surface area contributed by atoms with Crippen molar-refractivity contribution in [1.82, 2.24) is 0 Å². The fourth-order valence-electron chi connectivity index (χ4n) is 0. The molecule has 0 nitrogen and oxygen atoms in total. The Kier molecular flexibility index (Phi) is 2.82. The van der Waals surface area contributed by atoms with Gasteiger partial charge in [-0.25, -0.2) is 0 Å². The van der Waals surface area contributed by atoms with Crippen molar-refractivity contribution in [3.8, 4) is 0 Å². The molecular formula is H3AlCl8Zr. The zero-order valence-corrected chi connectivity index (χ0v) is 12.0. The molecule has 0 aromatic rings. The molecule has 10 heavy (non-hydrogen) atoms. The summed E-state index contributed by atoms with van der Waals surface area (Å²) in [5.74, 6) is 0. The van der Waals surface area contributed by atoms with Crippen LogP contribution in [0.4, 0.5) is 0 Å². The van der Waals surface area contributed by atoms with Crippen molar-refractivity contribution >= 4 is 85.5 Å². The quantitative estimate of drug-likeness (QED) is 0.527. The Morgan fingerprint density at radius 2 is 0.500 bits per heavy atom. The maximum atomic E-state index is 5.09. The molecule has 0 amide bonds. The second kappa shape index (κ2) is 1.74. The van der Waals surface area contributed by atoms with E-state index in [1.54, 1.807) is 0 Å². The Hall–Kier alpha value is 3.74. The topological polar surface area (TPSA) is 0 Å². The summed E-state index contributed by atoms with van der Waals surface area (Å²) in [6.45, 7) is 0. The van der Waals surface area contributed by atoms with Crippen molar-refractivity contribution in [2.45, 2.75) is 0 Å². The van der Waals surface area contributed by atoms with Crippen LogP contribution in [0.15, 0.2) is 0 Å². The molecule has 0 saturated carbocycles. The van der Waals surface area contributed by atoms with Crippen LogP contribution in [-0.2, 0) is 4.78 Å². The van der Waals surface area contributed by atoms with Gasteiger partial charge in [-0.2, -0.15) is 0 Å². The Morgan fingerprint density at radius 3 is 0.500 bits per heavy atom. The number of rotatable bonds is 0. The summed E-state index contributed by atoms with van der Waals surface area (Å²) < 4.78 is 0. The monoisotopic (exact) mass is 400 g/mol. The van der Waals surface area contributed by atoms with E-state index in [2.05, 4.69) is 0 Å². The van der Waals surface area contributed by atoms with E-state index < -0.39 is 4.78 Å². The van der Waals surface area contributed by atoms with E-state index in [1.807, 2.05) is 0 Å². The predicted molar refractivity (Wildman–Crippen MR) is 56.8 cm³/mol. The molecule has 0 N–H and O–H groups in total. The molecule has 66 valence electrons. The van der Waals surface area contributed by atoms with Gasteiger partial charge in [-0.05, 0) is 0 Å². The normalized spacial score (nSPS) is 28.0. The van der Waals surface area contributed by atoms with Crippen LogP contribution in [0, 0.1) is 0 Å². The van der Waals surface area contributed by atoms with E-state index >= 15 is 0 Å². The van der Waals surface area contributed by atoms with Crippen LogP contribution in [0.2, 0.25) is 0 Å². The van der Waals surface area contributed by atoms with E-state index in [0.717, 1.165) is 0 Å². The minimum absolute atomic E-state index is 0. The average molecular weight is 405 g/mol. The first kappa shape index (κ1) is 16.2. The first-order valence-electron chi connectivity index (χ1n) is 1.51. The summed E-state index contributed by atoms with van der Waals surface area (Å²) in [5, 5.41) is 0. The van der Waals surface area contributed by atoms with E-state index in [-0.39, 0.29) is 17.4 Å². The second-order valence-electron chi connectivity index (χ2n) is 2.00. The molecule has 0 unspecified atom stereocenters. The summed E-state index contributed by atoms with van der Waals surface area (Å²) in [7, 11) is 40.7. The molecule has 0 saturated heterocycles. The van der Waals surface area contributed by atoms with Crippen molar-refractivity contribution in [2.24, 2.45) is 0 Å².